The third-order valence-corrected chi connectivity index (χ3v) is 2.99. The Morgan fingerprint density at radius 2 is 2.17 bits per heavy atom. The number of benzene rings is 1. The monoisotopic (exact) mass is 263 g/mol. The number of hydrogen-bond acceptors (Lipinski definition) is 5. The predicted octanol–water partition coefficient (Wildman–Crippen LogP) is 2.49. The maximum atomic E-state index is 11.9. The third-order valence-electron chi connectivity index (χ3n) is 2.30. The summed E-state index contributed by atoms with van der Waals surface area (Å²) in [7, 11) is 0. The van der Waals surface area contributed by atoms with Gasteiger partial charge in [-0.2, -0.15) is 11.3 Å². The normalized spacial score (nSPS) is 10.0. The molecule has 0 radical (unpaired) electrons. The van der Waals surface area contributed by atoms with Gasteiger partial charge in [-0.15, -0.1) is 0 Å². The van der Waals surface area contributed by atoms with Gasteiger partial charge in [0.1, 0.15) is 5.69 Å². The minimum atomic E-state index is -0.614. The molecule has 6 nitrogen and oxygen atoms in total. The number of anilines is 2. The van der Waals surface area contributed by atoms with E-state index < -0.39 is 10.8 Å². The van der Waals surface area contributed by atoms with Crippen molar-refractivity contribution in [1.29, 1.82) is 0 Å². The second-order valence-corrected chi connectivity index (χ2v) is 4.24. The van der Waals surface area contributed by atoms with Crippen molar-refractivity contribution in [2.24, 2.45) is 0 Å². The smallest absolute Gasteiger partial charge is 0.292 e. The Balaban J connectivity index is 2.31. The molecule has 0 aliphatic carbocycles. The van der Waals surface area contributed by atoms with Gasteiger partial charge < -0.3 is 11.1 Å². The highest BCUT2D eigenvalue weighted by Gasteiger charge is 2.18. The Bertz CT molecular complexity index is 596. The van der Waals surface area contributed by atoms with Gasteiger partial charge in [-0.1, -0.05) is 6.07 Å². The zero-order valence-electron chi connectivity index (χ0n) is 9.12. The number of carbonyl (C=O) groups is 1. The van der Waals surface area contributed by atoms with Crippen LogP contribution in [0.4, 0.5) is 17.1 Å². The van der Waals surface area contributed by atoms with E-state index >= 15 is 0 Å². The average molecular weight is 263 g/mol. The highest BCUT2D eigenvalue weighted by Crippen LogP contribution is 2.25. The zero-order chi connectivity index (χ0) is 13.1. The first-order chi connectivity index (χ1) is 8.59. The molecule has 0 atom stereocenters. The molecular formula is C11H9N3O3S. The van der Waals surface area contributed by atoms with E-state index in [4.69, 9.17) is 5.73 Å². The van der Waals surface area contributed by atoms with Crippen molar-refractivity contribution in [1.82, 2.24) is 0 Å². The van der Waals surface area contributed by atoms with Gasteiger partial charge in [-0.25, -0.2) is 0 Å². The van der Waals surface area contributed by atoms with Gasteiger partial charge in [0.15, 0.2) is 0 Å². The molecule has 1 aromatic heterocycles. The summed E-state index contributed by atoms with van der Waals surface area (Å²) in [5, 5.41) is 16.9. The summed E-state index contributed by atoms with van der Waals surface area (Å²) in [5.41, 5.74) is 5.94. The van der Waals surface area contributed by atoms with Crippen LogP contribution in [-0.4, -0.2) is 10.8 Å². The first kappa shape index (κ1) is 12.1. The number of para-hydroxylation sites is 1. The molecule has 2 aromatic rings. The highest BCUT2D eigenvalue weighted by molar-refractivity contribution is 7.08. The van der Waals surface area contributed by atoms with Gasteiger partial charge in [0.2, 0.25) is 0 Å². The minimum Gasteiger partial charge on any atom is -0.393 e. The fourth-order valence-electron chi connectivity index (χ4n) is 1.44. The molecule has 2 rings (SSSR count). The molecule has 0 fully saturated rings. The summed E-state index contributed by atoms with van der Waals surface area (Å²) in [4.78, 5) is 22.0. The maximum absolute atomic E-state index is 11.9. The molecule has 7 heteroatoms. The van der Waals surface area contributed by atoms with Crippen LogP contribution in [0.1, 0.15) is 10.4 Å². The van der Waals surface area contributed by atoms with Crippen LogP contribution in [0.3, 0.4) is 0 Å². The molecule has 92 valence electrons. The number of nitrogens with one attached hydrogen (secondary N) is 1. The van der Waals surface area contributed by atoms with E-state index in [-0.39, 0.29) is 16.9 Å². The molecule has 0 aliphatic rings. The van der Waals surface area contributed by atoms with Crippen molar-refractivity contribution < 1.29 is 9.72 Å². The minimum absolute atomic E-state index is 0.0930. The van der Waals surface area contributed by atoms with Crippen LogP contribution in [0.25, 0.3) is 0 Å². The number of amides is 1. The van der Waals surface area contributed by atoms with Crippen LogP contribution in [-0.2, 0) is 0 Å². The number of nitro groups is 1. The number of nitro benzene ring substituents is 1. The second-order valence-electron chi connectivity index (χ2n) is 3.46. The van der Waals surface area contributed by atoms with E-state index in [2.05, 4.69) is 5.32 Å². The van der Waals surface area contributed by atoms with Gasteiger partial charge in [-0.3, -0.25) is 14.9 Å². The summed E-state index contributed by atoms with van der Waals surface area (Å²) in [5.74, 6) is -0.463. The Morgan fingerprint density at radius 3 is 2.78 bits per heavy atom. The van der Waals surface area contributed by atoms with E-state index in [0.717, 1.165) is 0 Å². The molecule has 0 saturated carbocycles. The number of thiophene rings is 1. The lowest BCUT2D eigenvalue weighted by atomic mass is 10.1. The zero-order valence-corrected chi connectivity index (χ0v) is 9.94. The maximum Gasteiger partial charge on any atom is 0.292 e. The molecule has 3 N–H and O–H groups in total. The van der Waals surface area contributed by atoms with Gasteiger partial charge in [0, 0.05) is 11.4 Å². The largest absolute Gasteiger partial charge is 0.393 e. The van der Waals surface area contributed by atoms with Crippen LogP contribution in [0, 0.1) is 10.1 Å². The fraction of sp³-hybridized carbons (Fsp3) is 0. The lowest BCUT2D eigenvalue weighted by Crippen LogP contribution is -2.14. The standard InChI is InChI=1S/C11H9N3O3S/c12-10-8(2-1-3-9(10)14(16)17)11(15)13-7-4-5-18-6-7/h1-6H,12H2,(H,13,15). The molecular weight excluding hydrogens is 254 g/mol. The number of rotatable bonds is 3. The molecule has 0 aliphatic heterocycles. The molecule has 0 bridgehead atoms. The van der Waals surface area contributed by atoms with Gasteiger partial charge in [-0.05, 0) is 17.5 Å². The highest BCUT2D eigenvalue weighted by atomic mass is 32.1. The Morgan fingerprint density at radius 1 is 1.39 bits per heavy atom. The van der Waals surface area contributed by atoms with Crippen molar-refractivity contribution in [3.8, 4) is 0 Å². The lowest BCUT2D eigenvalue weighted by molar-refractivity contribution is -0.383. The molecule has 0 spiro atoms. The first-order valence-corrected chi connectivity index (χ1v) is 5.90. The number of nitrogen functional groups attached to an aromatic ring is 1. The van der Waals surface area contributed by atoms with Crippen molar-refractivity contribution in [3.63, 3.8) is 0 Å². The van der Waals surface area contributed by atoms with E-state index in [0.29, 0.717) is 5.69 Å². The molecule has 0 saturated heterocycles. The van der Waals surface area contributed by atoms with E-state index in [9.17, 15) is 14.9 Å². The Hall–Kier alpha value is -2.41. The van der Waals surface area contributed by atoms with Gasteiger partial charge in [0.05, 0.1) is 16.2 Å². The first-order valence-electron chi connectivity index (χ1n) is 4.96. The summed E-state index contributed by atoms with van der Waals surface area (Å²) < 4.78 is 0. The molecule has 18 heavy (non-hydrogen) atoms. The molecule has 1 aromatic carbocycles. The van der Waals surface area contributed by atoms with Crippen LogP contribution in [0.2, 0.25) is 0 Å². The topological polar surface area (TPSA) is 98.3 Å². The molecule has 1 amide bonds. The van der Waals surface area contributed by atoms with Gasteiger partial charge >= 0.3 is 0 Å². The van der Waals surface area contributed by atoms with Crippen LogP contribution in [0.15, 0.2) is 35.0 Å². The third kappa shape index (κ3) is 2.30. The fourth-order valence-corrected chi connectivity index (χ4v) is 2.03. The summed E-state index contributed by atoms with van der Waals surface area (Å²) in [6.07, 6.45) is 0. The number of hydrogen-bond donors (Lipinski definition) is 2. The van der Waals surface area contributed by atoms with Crippen LogP contribution in [0.5, 0.6) is 0 Å². The summed E-state index contributed by atoms with van der Waals surface area (Å²) in [6, 6.07) is 5.87. The number of nitrogens with zero attached hydrogens (tertiary/aromatic N) is 1. The molecule has 1 heterocycles. The lowest BCUT2D eigenvalue weighted by Gasteiger charge is -2.06. The van der Waals surface area contributed by atoms with Crippen molar-refractivity contribution in [2.45, 2.75) is 0 Å². The van der Waals surface area contributed by atoms with E-state index in [1.165, 1.54) is 29.5 Å². The van der Waals surface area contributed by atoms with E-state index in [1.807, 2.05) is 5.38 Å². The van der Waals surface area contributed by atoms with E-state index in [1.54, 1.807) is 11.4 Å². The average Bonchev–Trinajstić information content (AvgIpc) is 2.81. The number of nitrogens with two attached hydrogens (primary N) is 1. The van der Waals surface area contributed by atoms with Crippen molar-refractivity contribution in [3.05, 3.63) is 50.7 Å². The summed E-state index contributed by atoms with van der Waals surface area (Å²) >= 11 is 1.43. The predicted molar refractivity (Wildman–Crippen MR) is 69.8 cm³/mol. The van der Waals surface area contributed by atoms with Crippen molar-refractivity contribution >= 4 is 34.3 Å². The number of carbonyl (C=O) groups excluding carboxylic acids is 1. The SMILES string of the molecule is Nc1c(C(=O)Nc2ccsc2)cccc1[N+](=O)[O-]. The quantitative estimate of drug-likeness (QED) is 0.505. The van der Waals surface area contributed by atoms with Gasteiger partial charge in [0.25, 0.3) is 11.6 Å². The Labute approximate surface area is 106 Å². The molecule has 0 unspecified atom stereocenters. The van der Waals surface area contributed by atoms with Crippen LogP contribution < -0.4 is 11.1 Å². The van der Waals surface area contributed by atoms with Crippen LogP contribution >= 0.6 is 11.3 Å². The Kier molecular flexibility index (Phi) is 3.24. The van der Waals surface area contributed by atoms with Crippen molar-refractivity contribution in [2.75, 3.05) is 11.1 Å². The summed E-state index contributed by atoms with van der Waals surface area (Å²) in [6.45, 7) is 0. The second kappa shape index (κ2) is 4.84.